The summed E-state index contributed by atoms with van der Waals surface area (Å²) in [5, 5.41) is 3.44. The van der Waals surface area contributed by atoms with Gasteiger partial charge in [0.1, 0.15) is 0 Å². The highest BCUT2D eigenvalue weighted by Gasteiger charge is 2.04. The maximum Gasteiger partial charge on any atom is 0.305 e. The summed E-state index contributed by atoms with van der Waals surface area (Å²) in [4.78, 5) is 22.5. The molecule has 4 nitrogen and oxygen atoms in total. The van der Waals surface area contributed by atoms with E-state index in [0.717, 1.165) is 12.0 Å². The van der Waals surface area contributed by atoms with Crippen LogP contribution >= 0.6 is 11.6 Å². The Morgan fingerprint density at radius 2 is 2.11 bits per heavy atom. The van der Waals surface area contributed by atoms with Crippen LogP contribution in [0.2, 0.25) is 5.02 Å². The Labute approximate surface area is 118 Å². The molecule has 5 heteroatoms. The number of carbonyl (C=O) groups is 2. The highest BCUT2D eigenvalue weighted by atomic mass is 35.5. The van der Waals surface area contributed by atoms with Crippen molar-refractivity contribution in [2.75, 3.05) is 13.7 Å². The number of nitrogens with one attached hydrogen (secondary N) is 1. The number of hydrogen-bond acceptors (Lipinski definition) is 3. The van der Waals surface area contributed by atoms with Gasteiger partial charge in [0.2, 0.25) is 5.91 Å². The van der Waals surface area contributed by atoms with Crippen LogP contribution in [0.4, 0.5) is 0 Å². The van der Waals surface area contributed by atoms with Crippen molar-refractivity contribution in [3.8, 4) is 0 Å². The van der Waals surface area contributed by atoms with Crippen LogP contribution in [0.25, 0.3) is 0 Å². The van der Waals surface area contributed by atoms with E-state index in [1.807, 2.05) is 12.1 Å². The van der Waals surface area contributed by atoms with Crippen molar-refractivity contribution in [3.05, 3.63) is 34.9 Å². The quantitative estimate of drug-likeness (QED) is 0.617. The Kier molecular flexibility index (Phi) is 6.97. The normalized spacial score (nSPS) is 10.0. The summed E-state index contributed by atoms with van der Waals surface area (Å²) >= 11 is 5.84. The van der Waals surface area contributed by atoms with Crippen molar-refractivity contribution < 1.29 is 14.3 Å². The molecule has 0 aliphatic heterocycles. The molecule has 0 saturated heterocycles. The van der Waals surface area contributed by atoms with Crippen LogP contribution in [-0.2, 0) is 20.7 Å². The summed E-state index contributed by atoms with van der Waals surface area (Å²) in [5.74, 6) is -0.259. The summed E-state index contributed by atoms with van der Waals surface area (Å²) in [6, 6.07) is 7.23. The molecule has 1 rings (SSSR count). The minimum atomic E-state index is -0.217. The first-order valence-corrected chi connectivity index (χ1v) is 6.57. The van der Waals surface area contributed by atoms with Gasteiger partial charge in [-0.25, -0.2) is 0 Å². The first-order chi connectivity index (χ1) is 9.11. The van der Waals surface area contributed by atoms with E-state index in [2.05, 4.69) is 10.1 Å². The number of carbonyl (C=O) groups excluding carboxylic acids is 2. The van der Waals surface area contributed by atoms with Gasteiger partial charge >= 0.3 is 5.97 Å². The van der Waals surface area contributed by atoms with Crippen LogP contribution in [-0.4, -0.2) is 25.5 Å². The van der Waals surface area contributed by atoms with Gasteiger partial charge in [0.05, 0.1) is 13.5 Å². The number of methoxy groups -OCH3 is 1. The molecule has 0 saturated carbocycles. The Hall–Kier alpha value is -1.55. The maximum absolute atomic E-state index is 11.6. The molecule has 0 aliphatic rings. The third kappa shape index (κ3) is 6.82. The number of rotatable bonds is 7. The summed E-state index contributed by atoms with van der Waals surface area (Å²) in [6.07, 6.45) is 2.18. The Bertz CT molecular complexity index is 434. The molecule has 19 heavy (non-hydrogen) atoms. The van der Waals surface area contributed by atoms with Crippen molar-refractivity contribution >= 4 is 23.5 Å². The average molecular weight is 284 g/mol. The fraction of sp³-hybridized carbons (Fsp3) is 0.429. The summed E-state index contributed by atoms with van der Waals surface area (Å²) in [5.41, 5.74) is 0.888. The highest BCUT2D eigenvalue weighted by molar-refractivity contribution is 6.30. The Morgan fingerprint density at radius 3 is 2.79 bits per heavy atom. The predicted octanol–water partition coefficient (Wildman–Crippen LogP) is 2.34. The second kappa shape index (κ2) is 8.53. The molecule has 104 valence electrons. The van der Waals surface area contributed by atoms with Gasteiger partial charge in [0, 0.05) is 18.0 Å². The number of benzene rings is 1. The first-order valence-electron chi connectivity index (χ1n) is 6.20. The Balaban J connectivity index is 2.16. The monoisotopic (exact) mass is 283 g/mol. The van der Waals surface area contributed by atoms with E-state index < -0.39 is 0 Å². The smallest absolute Gasteiger partial charge is 0.305 e. The van der Waals surface area contributed by atoms with Crippen molar-refractivity contribution in [2.24, 2.45) is 0 Å². The first kappa shape index (κ1) is 15.5. The van der Waals surface area contributed by atoms with Crippen molar-refractivity contribution in [2.45, 2.75) is 25.7 Å². The standard InChI is InChI=1S/C14H18ClNO3/c1-19-14(18)7-2-3-8-16-13(17)10-11-5-4-6-12(15)9-11/h4-6,9H,2-3,7-8,10H2,1H3,(H,16,17). The minimum Gasteiger partial charge on any atom is -0.469 e. The number of unbranched alkanes of at least 4 members (excludes halogenated alkanes) is 1. The molecule has 0 unspecified atom stereocenters. The lowest BCUT2D eigenvalue weighted by Gasteiger charge is -2.05. The lowest BCUT2D eigenvalue weighted by molar-refractivity contribution is -0.140. The molecule has 0 fully saturated rings. The zero-order valence-electron chi connectivity index (χ0n) is 10.9. The average Bonchev–Trinajstić information content (AvgIpc) is 2.38. The van der Waals surface area contributed by atoms with Crippen LogP contribution in [0, 0.1) is 0 Å². The van der Waals surface area contributed by atoms with Crippen LogP contribution in [0.3, 0.4) is 0 Å². The molecule has 0 spiro atoms. The molecular weight excluding hydrogens is 266 g/mol. The van der Waals surface area contributed by atoms with Crippen molar-refractivity contribution in [1.29, 1.82) is 0 Å². The molecular formula is C14H18ClNO3. The largest absolute Gasteiger partial charge is 0.469 e. The van der Waals surface area contributed by atoms with E-state index in [-0.39, 0.29) is 11.9 Å². The van der Waals surface area contributed by atoms with Crippen molar-refractivity contribution in [1.82, 2.24) is 5.32 Å². The number of amides is 1. The second-order valence-corrected chi connectivity index (χ2v) is 4.63. The third-order valence-electron chi connectivity index (χ3n) is 2.61. The number of halogens is 1. The number of hydrogen-bond donors (Lipinski definition) is 1. The topological polar surface area (TPSA) is 55.4 Å². The molecule has 1 amide bonds. The van der Waals surface area contributed by atoms with Gasteiger partial charge in [-0.15, -0.1) is 0 Å². The summed E-state index contributed by atoms with van der Waals surface area (Å²) in [6.45, 7) is 0.566. The lowest BCUT2D eigenvalue weighted by atomic mass is 10.1. The molecule has 0 aromatic heterocycles. The van der Waals surface area contributed by atoms with Gasteiger partial charge in [0.15, 0.2) is 0 Å². The Morgan fingerprint density at radius 1 is 1.32 bits per heavy atom. The maximum atomic E-state index is 11.6. The minimum absolute atomic E-state index is 0.0414. The van der Waals surface area contributed by atoms with E-state index in [1.165, 1.54) is 7.11 Å². The van der Waals surface area contributed by atoms with Gasteiger partial charge in [-0.1, -0.05) is 23.7 Å². The third-order valence-corrected chi connectivity index (χ3v) is 2.85. The molecule has 0 radical (unpaired) electrons. The van der Waals surface area contributed by atoms with Gasteiger partial charge in [-0.2, -0.15) is 0 Å². The molecule has 0 aliphatic carbocycles. The predicted molar refractivity (Wildman–Crippen MR) is 74.0 cm³/mol. The lowest BCUT2D eigenvalue weighted by Crippen LogP contribution is -2.26. The van der Waals surface area contributed by atoms with Gasteiger partial charge in [0.25, 0.3) is 0 Å². The van der Waals surface area contributed by atoms with Gasteiger partial charge < -0.3 is 10.1 Å². The zero-order chi connectivity index (χ0) is 14.1. The molecule has 1 aromatic carbocycles. The van der Waals surface area contributed by atoms with E-state index in [0.29, 0.717) is 30.8 Å². The van der Waals surface area contributed by atoms with E-state index >= 15 is 0 Å². The molecule has 0 heterocycles. The molecule has 0 bridgehead atoms. The SMILES string of the molecule is COC(=O)CCCCNC(=O)Cc1cccc(Cl)c1. The molecule has 1 N–H and O–H groups in total. The van der Waals surface area contributed by atoms with E-state index in [1.54, 1.807) is 12.1 Å². The fourth-order valence-electron chi connectivity index (χ4n) is 1.62. The van der Waals surface area contributed by atoms with Crippen LogP contribution in [0.15, 0.2) is 24.3 Å². The number of esters is 1. The highest BCUT2D eigenvalue weighted by Crippen LogP contribution is 2.10. The zero-order valence-corrected chi connectivity index (χ0v) is 11.7. The van der Waals surface area contributed by atoms with Crippen LogP contribution in [0.5, 0.6) is 0 Å². The number of ether oxygens (including phenoxy) is 1. The van der Waals surface area contributed by atoms with Crippen molar-refractivity contribution in [3.63, 3.8) is 0 Å². The van der Waals surface area contributed by atoms with E-state index in [4.69, 9.17) is 11.6 Å². The fourth-order valence-corrected chi connectivity index (χ4v) is 1.83. The van der Waals surface area contributed by atoms with Gasteiger partial charge in [-0.05, 0) is 30.5 Å². The summed E-state index contributed by atoms with van der Waals surface area (Å²) in [7, 11) is 1.37. The molecule has 0 atom stereocenters. The van der Waals surface area contributed by atoms with Crippen LogP contribution in [0.1, 0.15) is 24.8 Å². The van der Waals surface area contributed by atoms with Crippen LogP contribution < -0.4 is 5.32 Å². The molecule has 1 aromatic rings. The van der Waals surface area contributed by atoms with E-state index in [9.17, 15) is 9.59 Å². The van der Waals surface area contributed by atoms with Gasteiger partial charge in [-0.3, -0.25) is 9.59 Å². The summed E-state index contributed by atoms with van der Waals surface area (Å²) < 4.78 is 4.53. The second-order valence-electron chi connectivity index (χ2n) is 4.19.